The molecule has 0 radical (unpaired) electrons. The summed E-state index contributed by atoms with van der Waals surface area (Å²) in [6.07, 6.45) is 5.65. The van der Waals surface area contributed by atoms with E-state index in [0.717, 1.165) is 47.1 Å². The fourth-order valence-electron chi connectivity index (χ4n) is 4.01. The quantitative estimate of drug-likeness (QED) is 0.502. The van der Waals surface area contributed by atoms with Crippen molar-refractivity contribution in [2.45, 2.75) is 38.5 Å². The summed E-state index contributed by atoms with van der Waals surface area (Å²) in [6.45, 7) is 2.02. The average Bonchev–Trinajstić information content (AvgIpc) is 3.03. The van der Waals surface area contributed by atoms with Crippen molar-refractivity contribution in [3.8, 4) is 5.88 Å². The first kappa shape index (κ1) is 18.0. The highest BCUT2D eigenvalue weighted by Gasteiger charge is 2.28. The number of nitrogens with zero attached hydrogens (tertiary/aromatic N) is 4. The van der Waals surface area contributed by atoms with Gasteiger partial charge in [-0.05, 0) is 49.1 Å². The lowest BCUT2D eigenvalue weighted by Gasteiger charge is -2.24. The van der Waals surface area contributed by atoms with Crippen LogP contribution in [0.2, 0.25) is 0 Å². The van der Waals surface area contributed by atoms with Crippen molar-refractivity contribution in [1.29, 1.82) is 0 Å². The summed E-state index contributed by atoms with van der Waals surface area (Å²) in [6, 6.07) is 6.43. The second-order valence-electron chi connectivity index (χ2n) is 7.58. The highest BCUT2D eigenvalue weighted by molar-refractivity contribution is 5.84. The number of aromatic nitrogens is 4. The highest BCUT2D eigenvalue weighted by atomic mass is 19.2. The molecule has 148 valence electrons. The zero-order valence-corrected chi connectivity index (χ0v) is 16.2. The van der Waals surface area contributed by atoms with Crippen LogP contribution in [0, 0.1) is 18.6 Å². The number of benzene rings is 1. The van der Waals surface area contributed by atoms with Gasteiger partial charge in [0, 0.05) is 30.0 Å². The number of methoxy groups -OCH3 is 1. The summed E-state index contributed by atoms with van der Waals surface area (Å²) in [4.78, 5) is 9.03. The van der Waals surface area contributed by atoms with Crippen LogP contribution in [-0.2, 0) is 6.42 Å². The molecular weight excluding hydrogens is 374 g/mol. The third-order valence-corrected chi connectivity index (χ3v) is 5.83. The van der Waals surface area contributed by atoms with Gasteiger partial charge in [0.05, 0.1) is 18.5 Å². The lowest BCUT2D eigenvalue weighted by atomic mass is 9.81. The maximum atomic E-state index is 14.4. The van der Waals surface area contributed by atoms with Gasteiger partial charge in [0.2, 0.25) is 5.88 Å². The molecule has 7 heteroatoms. The van der Waals surface area contributed by atoms with E-state index in [1.807, 2.05) is 17.5 Å². The number of hydrogen-bond acceptors (Lipinski definition) is 4. The Labute approximate surface area is 166 Å². The van der Waals surface area contributed by atoms with E-state index in [2.05, 4.69) is 10.1 Å². The highest BCUT2D eigenvalue weighted by Crippen LogP contribution is 2.39. The van der Waals surface area contributed by atoms with E-state index in [1.165, 1.54) is 13.5 Å². The Hall–Kier alpha value is -3.09. The molecule has 3 heterocycles. The number of ether oxygens (including phenoxy) is 1. The van der Waals surface area contributed by atoms with Crippen LogP contribution in [0.25, 0.3) is 16.6 Å². The van der Waals surface area contributed by atoms with Gasteiger partial charge < -0.3 is 4.74 Å². The molecule has 1 aromatic carbocycles. The zero-order chi connectivity index (χ0) is 20.1. The summed E-state index contributed by atoms with van der Waals surface area (Å²) in [5.41, 5.74) is 4.69. The van der Waals surface area contributed by atoms with Gasteiger partial charge >= 0.3 is 0 Å². The molecule has 0 bridgehead atoms. The largest absolute Gasteiger partial charge is 0.481 e. The lowest BCUT2D eigenvalue weighted by Crippen LogP contribution is -2.12. The van der Waals surface area contributed by atoms with Crippen molar-refractivity contribution in [3.05, 3.63) is 64.6 Å². The Morgan fingerprint density at radius 2 is 2.00 bits per heavy atom. The maximum absolute atomic E-state index is 14.4. The number of pyridine rings is 1. The summed E-state index contributed by atoms with van der Waals surface area (Å²) in [7, 11) is 1.47. The van der Waals surface area contributed by atoms with Crippen LogP contribution in [0.1, 0.15) is 47.7 Å². The van der Waals surface area contributed by atoms with Crippen LogP contribution >= 0.6 is 0 Å². The SMILES string of the molecule is COc1cc(Cc2c(C3CCC3)nc3c(C)ccnn23)c2ccc(F)c(F)c2n1. The van der Waals surface area contributed by atoms with Gasteiger partial charge in [0.15, 0.2) is 17.3 Å². The number of imidazole rings is 1. The van der Waals surface area contributed by atoms with Crippen LogP contribution in [0.5, 0.6) is 5.88 Å². The minimum atomic E-state index is -0.964. The predicted octanol–water partition coefficient (Wildman–Crippen LogP) is 4.73. The predicted molar refractivity (Wildman–Crippen MR) is 105 cm³/mol. The molecule has 0 unspecified atom stereocenters. The molecule has 0 saturated heterocycles. The molecule has 0 amide bonds. The first-order valence-electron chi connectivity index (χ1n) is 9.71. The second kappa shape index (κ2) is 6.76. The molecule has 0 N–H and O–H groups in total. The average molecular weight is 394 g/mol. The fraction of sp³-hybridized carbons (Fsp3) is 0.318. The molecule has 0 spiro atoms. The number of hydrogen-bond donors (Lipinski definition) is 0. The first-order valence-corrected chi connectivity index (χ1v) is 9.71. The van der Waals surface area contributed by atoms with Crippen LogP contribution in [0.4, 0.5) is 8.78 Å². The standard InChI is InChI=1S/C22H20F2N4O/c1-12-8-9-25-28-17(20(27-22(12)28)13-4-3-5-13)10-14-11-18(29-2)26-21-15(14)6-7-16(23)19(21)24/h6-9,11,13H,3-5,10H2,1-2H3. The van der Waals surface area contributed by atoms with Gasteiger partial charge in [-0.2, -0.15) is 5.10 Å². The van der Waals surface area contributed by atoms with Crippen molar-refractivity contribution in [1.82, 2.24) is 19.6 Å². The minimum absolute atomic E-state index is 0.0255. The summed E-state index contributed by atoms with van der Waals surface area (Å²) >= 11 is 0. The van der Waals surface area contributed by atoms with Gasteiger partial charge in [-0.1, -0.05) is 6.42 Å². The molecule has 29 heavy (non-hydrogen) atoms. The van der Waals surface area contributed by atoms with E-state index in [9.17, 15) is 8.78 Å². The van der Waals surface area contributed by atoms with Crippen molar-refractivity contribution in [2.75, 3.05) is 7.11 Å². The van der Waals surface area contributed by atoms with Gasteiger partial charge in [-0.15, -0.1) is 0 Å². The van der Waals surface area contributed by atoms with Crippen LogP contribution in [-0.4, -0.2) is 26.7 Å². The van der Waals surface area contributed by atoms with Crippen molar-refractivity contribution < 1.29 is 13.5 Å². The van der Waals surface area contributed by atoms with E-state index >= 15 is 0 Å². The van der Waals surface area contributed by atoms with Gasteiger partial charge in [-0.25, -0.2) is 23.3 Å². The number of halogens is 2. The van der Waals surface area contributed by atoms with Crippen molar-refractivity contribution in [3.63, 3.8) is 0 Å². The van der Waals surface area contributed by atoms with E-state index < -0.39 is 11.6 Å². The summed E-state index contributed by atoms with van der Waals surface area (Å²) in [5.74, 6) is -1.23. The summed E-state index contributed by atoms with van der Waals surface area (Å²) in [5, 5.41) is 5.09. The zero-order valence-electron chi connectivity index (χ0n) is 16.2. The van der Waals surface area contributed by atoms with Gasteiger partial charge in [0.25, 0.3) is 0 Å². The van der Waals surface area contributed by atoms with Crippen molar-refractivity contribution >= 4 is 16.6 Å². The Morgan fingerprint density at radius 3 is 2.72 bits per heavy atom. The molecule has 1 aliphatic carbocycles. The Bertz CT molecular complexity index is 1250. The fourth-order valence-corrected chi connectivity index (χ4v) is 4.01. The number of rotatable bonds is 4. The Balaban J connectivity index is 1.73. The third kappa shape index (κ3) is 2.84. The maximum Gasteiger partial charge on any atom is 0.213 e. The minimum Gasteiger partial charge on any atom is -0.481 e. The molecule has 5 rings (SSSR count). The molecule has 1 aliphatic rings. The smallest absolute Gasteiger partial charge is 0.213 e. The van der Waals surface area contributed by atoms with E-state index in [1.54, 1.807) is 18.3 Å². The van der Waals surface area contributed by atoms with Crippen molar-refractivity contribution in [2.24, 2.45) is 0 Å². The molecule has 5 nitrogen and oxygen atoms in total. The summed E-state index contributed by atoms with van der Waals surface area (Å²) < 4.78 is 35.3. The Kier molecular flexibility index (Phi) is 4.19. The monoisotopic (exact) mass is 394 g/mol. The number of aryl methyl sites for hydroxylation is 1. The van der Waals surface area contributed by atoms with Crippen LogP contribution in [0.15, 0.2) is 30.5 Å². The van der Waals surface area contributed by atoms with Crippen LogP contribution < -0.4 is 4.74 Å². The third-order valence-electron chi connectivity index (χ3n) is 5.83. The normalized spacial score (nSPS) is 14.5. The molecule has 0 atom stereocenters. The molecule has 3 aromatic heterocycles. The number of fused-ring (bicyclic) bond motifs is 2. The molecule has 1 fully saturated rings. The molecule has 0 aliphatic heterocycles. The lowest BCUT2D eigenvalue weighted by molar-refractivity contribution is 0.398. The van der Waals surface area contributed by atoms with Gasteiger partial charge in [-0.3, -0.25) is 0 Å². The Morgan fingerprint density at radius 1 is 1.17 bits per heavy atom. The second-order valence-corrected chi connectivity index (χ2v) is 7.58. The van der Waals surface area contributed by atoms with Gasteiger partial charge in [0.1, 0.15) is 5.52 Å². The van der Waals surface area contributed by atoms with E-state index in [-0.39, 0.29) is 11.4 Å². The molecular formula is C22H20F2N4O. The van der Waals surface area contributed by atoms with Crippen LogP contribution in [0.3, 0.4) is 0 Å². The van der Waals surface area contributed by atoms with E-state index in [0.29, 0.717) is 17.7 Å². The molecule has 1 saturated carbocycles. The van der Waals surface area contributed by atoms with E-state index in [4.69, 9.17) is 9.72 Å². The molecule has 4 aromatic rings. The topological polar surface area (TPSA) is 52.3 Å². The first-order chi connectivity index (χ1) is 14.1.